The van der Waals surface area contributed by atoms with Gasteiger partial charge < -0.3 is 0 Å². The van der Waals surface area contributed by atoms with Crippen molar-refractivity contribution in [1.82, 2.24) is 0 Å². The van der Waals surface area contributed by atoms with Gasteiger partial charge in [0.1, 0.15) is 0 Å². The summed E-state index contributed by atoms with van der Waals surface area (Å²) in [6, 6.07) is 0. The van der Waals surface area contributed by atoms with Gasteiger partial charge in [0, 0.05) is 6.42 Å². The molecule has 0 nitrogen and oxygen atoms in total. The molecule has 0 aromatic rings. The van der Waals surface area contributed by atoms with Gasteiger partial charge in [0.2, 0.25) is 6.93 Å². The monoisotopic (exact) mass is 578 g/mol. The van der Waals surface area contributed by atoms with Gasteiger partial charge in [-0.05, 0) is 6.42 Å². The first-order valence-electron chi connectivity index (χ1n) is 7.36. The van der Waals surface area contributed by atoms with Gasteiger partial charge >= 0.3 is 30.6 Å². The van der Waals surface area contributed by atoms with Crippen molar-refractivity contribution in [2.45, 2.75) is 99.1 Å². The van der Waals surface area contributed by atoms with Crippen LogP contribution in [0.15, 0.2) is 0 Å². The van der Waals surface area contributed by atoms with E-state index in [1.807, 2.05) is 0 Å². The molecule has 0 spiro atoms. The quantitative estimate of drug-likeness (QED) is 0.292. The van der Waals surface area contributed by atoms with Gasteiger partial charge in [-0.3, -0.25) is 0 Å². The molecule has 0 fully saturated rings. The maximum Gasteiger partial charge on any atom is 0.453 e. The Labute approximate surface area is 193 Å². The SMILES string of the molecule is C.C.C.C.CCC(F)(F)C(F)(F)F.CCCC(F)(C(F)(F)F)C(F)(F)F.FCC(F)(F)F.FCF. The highest BCUT2D eigenvalue weighted by molar-refractivity contribution is 4.93. The average Bonchev–Trinajstić information content (AvgIpc) is 2.53. The lowest BCUT2D eigenvalue weighted by atomic mass is 9.99. The molecule has 0 radical (unpaired) electrons. The molecule has 226 valence electrons. The summed E-state index contributed by atoms with van der Waals surface area (Å²) in [7, 11) is 0. The van der Waals surface area contributed by atoms with Crippen LogP contribution in [0.2, 0.25) is 0 Å². The summed E-state index contributed by atoms with van der Waals surface area (Å²) in [6.07, 6.45) is -25.1. The molecule has 0 aliphatic rings. The Morgan fingerprint density at radius 2 is 0.714 bits per heavy atom. The third-order valence-corrected chi connectivity index (χ3v) is 2.50. The number of hydrogen-bond donors (Lipinski definition) is 0. The van der Waals surface area contributed by atoms with E-state index in [9.17, 15) is 79.0 Å². The summed E-state index contributed by atoms with van der Waals surface area (Å²) in [5.41, 5.74) is -5.07. The number of halogens is 18. The molecule has 0 aliphatic heterocycles. The van der Waals surface area contributed by atoms with E-state index in [2.05, 4.69) is 0 Å². The Balaban J connectivity index is -0.0000000490. The molecule has 0 rings (SSSR count). The third kappa shape index (κ3) is 24.2. The van der Waals surface area contributed by atoms with Crippen LogP contribution in [-0.4, -0.2) is 49.9 Å². The fourth-order valence-corrected chi connectivity index (χ4v) is 0.989. The van der Waals surface area contributed by atoms with E-state index in [1.54, 1.807) is 0 Å². The van der Waals surface area contributed by atoms with Crippen molar-refractivity contribution in [1.29, 1.82) is 0 Å². The van der Waals surface area contributed by atoms with Crippen molar-refractivity contribution in [3.05, 3.63) is 0 Å². The second-order valence-corrected chi connectivity index (χ2v) is 4.95. The Morgan fingerprint density at radius 3 is 0.743 bits per heavy atom. The molecule has 0 amide bonds. The molecule has 0 aliphatic carbocycles. The lowest BCUT2D eigenvalue weighted by Crippen LogP contribution is -2.52. The fourth-order valence-electron chi connectivity index (χ4n) is 0.989. The molecular formula is C17H32F18. The first-order valence-corrected chi connectivity index (χ1v) is 7.36. The Kier molecular flexibility index (Phi) is 32.6. The second kappa shape index (κ2) is 20.9. The molecule has 0 unspecified atom stereocenters. The van der Waals surface area contributed by atoms with E-state index in [-0.39, 0.29) is 29.7 Å². The van der Waals surface area contributed by atoms with Gasteiger partial charge in [0.25, 0.3) is 5.67 Å². The summed E-state index contributed by atoms with van der Waals surface area (Å²) < 4.78 is 200. The van der Waals surface area contributed by atoms with Crippen molar-refractivity contribution in [2.24, 2.45) is 0 Å². The molecule has 0 bridgehead atoms. The van der Waals surface area contributed by atoms with Crippen molar-refractivity contribution in [3.63, 3.8) is 0 Å². The molecule has 0 atom stereocenters. The molecule has 0 aromatic heterocycles. The number of rotatable bonds is 3. The van der Waals surface area contributed by atoms with Gasteiger partial charge in [-0.2, -0.15) is 61.5 Å². The minimum Gasteiger partial charge on any atom is -0.241 e. The van der Waals surface area contributed by atoms with E-state index in [0.29, 0.717) is 0 Å². The summed E-state index contributed by atoms with van der Waals surface area (Å²) >= 11 is 0. The predicted octanol–water partition coefficient (Wildman–Crippen LogP) is 11.2. The van der Waals surface area contributed by atoms with Crippen LogP contribution in [0, 0.1) is 0 Å². The van der Waals surface area contributed by atoms with E-state index in [0.717, 1.165) is 13.8 Å². The lowest BCUT2D eigenvalue weighted by Gasteiger charge is -2.29. The zero-order valence-electron chi connectivity index (χ0n) is 15.3. The molecule has 18 heteroatoms. The maximum absolute atomic E-state index is 12.6. The highest BCUT2D eigenvalue weighted by Gasteiger charge is 2.71. The molecule has 0 saturated heterocycles. The van der Waals surface area contributed by atoms with E-state index in [4.69, 9.17) is 0 Å². The zero-order valence-corrected chi connectivity index (χ0v) is 15.3. The largest absolute Gasteiger partial charge is 0.453 e. The van der Waals surface area contributed by atoms with Crippen LogP contribution in [0.5, 0.6) is 0 Å². The highest BCUT2D eigenvalue weighted by atomic mass is 19.4. The minimum atomic E-state index is -5.90. The first-order chi connectivity index (χ1) is 13.3. The summed E-state index contributed by atoms with van der Waals surface area (Å²) in [5, 5.41) is 0. The Morgan fingerprint density at radius 1 is 0.486 bits per heavy atom. The molecule has 0 aromatic carbocycles. The second-order valence-electron chi connectivity index (χ2n) is 4.95. The van der Waals surface area contributed by atoms with E-state index in [1.165, 1.54) is 0 Å². The predicted molar refractivity (Wildman–Crippen MR) is 98.2 cm³/mol. The van der Waals surface area contributed by atoms with Gasteiger partial charge in [0.05, 0.1) is 0 Å². The fraction of sp³-hybridized carbons (Fsp3) is 1.00. The normalized spacial score (nSPS) is 11.7. The zero-order chi connectivity index (χ0) is 26.5. The number of alkyl halides is 18. The van der Waals surface area contributed by atoms with Crippen LogP contribution < -0.4 is 0 Å². The summed E-state index contributed by atoms with van der Waals surface area (Å²) in [4.78, 5) is 0. The summed E-state index contributed by atoms with van der Waals surface area (Å²) in [5.74, 6) is -4.52. The minimum absolute atomic E-state index is 0. The smallest absolute Gasteiger partial charge is 0.241 e. The van der Waals surface area contributed by atoms with E-state index >= 15 is 0 Å². The van der Waals surface area contributed by atoms with Gasteiger partial charge in [-0.15, -0.1) is 0 Å². The number of hydrogen-bond acceptors (Lipinski definition) is 0. The van der Waals surface area contributed by atoms with Crippen LogP contribution >= 0.6 is 0 Å². The topological polar surface area (TPSA) is 0 Å². The van der Waals surface area contributed by atoms with Crippen LogP contribution in [0.4, 0.5) is 79.0 Å². The van der Waals surface area contributed by atoms with Crippen LogP contribution in [0.1, 0.15) is 62.8 Å². The Bertz CT molecular complexity index is 416. The van der Waals surface area contributed by atoms with Crippen molar-refractivity contribution in [2.75, 3.05) is 13.6 Å². The molecular weight excluding hydrogens is 546 g/mol. The summed E-state index contributed by atoms with van der Waals surface area (Å²) in [6.45, 7) is -2.15. The highest BCUT2D eigenvalue weighted by Crippen LogP contribution is 2.48. The molecule has 0 heterocycles. The van der Waals surface area contributed by atoms with Crippen LogP contribution in [0.3, 0.4) is 0 Å². The first kappa shape index (κ1) is 54.6. The van der Waals surface area contributed by atoms with Crippen molar-refractivity contribution < 1.29 is 79.0 Å². The van der Waals surface area contributed by atoms with Crippen molar-refractivity contribution in [3.8, 4) is 0 Å². The average molecular weight is 578 g/mol. The van der Waals surface area contributed by atoms with E-state index < -0.39 is 69.2 Å². The Hall–Kier alpha value is -1.26. The third-order valence-electron chi connectivity index (χ3n) is 2.50. The maximum atomic E-state index is 12.6. The molecule has 0 saturated carbocycles. The van der Waals surface area contributed by atoms with Crippen LogP contribution in [-0.2, 0) is 0 Å². The van der Waals surface area contributed by atoms with Crippen LogP contribution in [0.25, 0.3) is 0 Å². The van der Waals surface area contributed by atoms with Gasteiger partial charge in [-0.1, -0.05) is 50.0 Å². The lowest BCUT2D eigenvalue weighted by molar-refractivity contribution is -0.343. The molecule has 0 N–H and O–H groups in total. The van der Waals surface area contributed by atoms with Gasteiger partial charge in [0.15, 0.2) is 6.67 Å². The van der Waals surface area contributed by atoms with Gasteiger partial charge in [-0.25, -0.2) is 17.6 Å². The standard InChI is InChI=1S/C6H7F7.C4H5F5.C2H2F4.CH2F2.4CH4/c1-2-3-4(7,5(8,9)10)6(11,12)13;1-2-3(5,6)4(7,8)9;3-1-2(4,5)6;2-1-3;;;;/h2-3H2,1H3;2H2,1H3;1H2;1H2;4*1H4. The molecule has 35 heavy (non-hydrogen) atoms. The van der Waals surface area contributed by atoms with Crippen molar-refractivity contribution >= 4 is 0 Å².